The highest BCUT2D eigenvalue weighted by atomic mass is 16.7. The fraction of sp³-hybridized carbons (Fsp3) is 0.611. The van der Waals surface area contributed by atoms with Gasteiger partial charge in [-0.3, -0.25) is 4.99 Å². The van der Waals surface area contributed by atoms with E-state index in [0.717, 1.165) is 55.9 Å². The van der Waals surface area contributed by atoms with E-state index in [9.17, 15) is 0 Å². The lowest BCUT2D eigenvalue weighted by Crippen LogP contribution is -2.42. The summed E-state index contributed by atoms with van der Waals surface area (Å²) in [7, 11) is 1.83. The summed E-state index contributed by atoms with van der Waals surface area (Å²) in [6.07, 6.45) is 2.34. The van der Waals surface area contributed by atoms with E-state index < -0.39 is 0 Å². The molecule has 7 heteroatoms. The molecule has 0 aromatic heterocycles. The molecule has 1 unspecified atom stereocenters. The first-order valence-corrected chi connectivity index (χ1v) is 8.84. The van der Waals surface area contributed by atoms with Gasteiger partial charge in [-0.15, -0.1) is 0 Å². The van der Waals surface area contributed by atoms with Crippen LogP contribution in [0.4, 0.5) is 0 Å². The van der Waals surface area contributed by atoms with Crippen LogP contribution in [0.2, 0.25) is 0 Å². The zero-order valence-electron chi connectivity index (χ0n) is 14.6. The number of nitrogens with one attached hydrogen (secondary N) is 1. The molecule has 136 valence electrons. The van der Waals surface area contributed by atoms with E-state index in [-0.39, 0.29) is 6.79 Å². The van der Waals surface area contributed by atoms with Crippen LogP contribution in [-0.4, -0.2) is 64.2 Å². The zero-order valence-corrected chi connectivity index (χ0v) is 14.6. The Morgan fingerprint density at radius 1 is 1.32 bits per heavy atom. The summed E-state index contributed by atoms with van der Waals surface area (Å²) in [5, 5.41) is 3.39. The molecule has 1 atom stereocenters. The first-order chi connectivity index (χ1) is 12.3. The highest BCUT2D eigenvalue weighted by Crippen LogP contribution is 2.38. The standard InChI is InChI=1S/C18H25N3O4/c1-19-17(21-7-4-18(11-21)5-8-22-12-18)20-6-9-23-14-2-3-15-16(10-14)25-13-24-15/h2-3,10H,4-9,11-13H2,1H3,(H,19,20). The van der Waals surface area contributed by atoms with Crippen molar-refractivity contribution in [1.29, 1.82) is 0 Å². The summed E-state index contributed by atoms with van der Waals surface area (Å²) < 4.78 is 22.0. The van der Waals surface area contributed by atoms with Crippen molar-refractivity contribution < 1.29 is 18.9 Å². The molecule has 4 rings (SSSR count). The van der Waals surface area contributed by atoms with E-state index in [1.54, 1.807) is 0 Å². The predicted octanol–water partition coefficient (Wildman–Crippen LogP) is 1.48. The number of hydrogen-bond donors (Lipinski definition) is 1. The molecule has 0 saturated carbocycles. The van der Waals surface area contributed by atoms with Crippen molar-refractivity contribution in [1.82, 2.24) is 10.2 Å². The van der Waals surface area contributed by atoms with Gasteiger partial charge in [-0.1, -0.05) is 0 Å². The summed E-state index contributed by atoms with van der Waals surface area (Å²) in [5.74, 6) is 3.23. The monoisotopic (exact) mass is 347 g/mol. The van der Waals surface area contributed by atoms with E-state index >= 15 is 0 Å². The SMILES string of the molecule is CN=C(NCCOc1ccc2c(c1)OCO2)N1CCC2(CCOC2)C1. The number of aliphatic imine (C=N–C) groups is 1. The number of nitrogens with zero attached hydrogens (tertiary/aromatic N) is 2. The Kier molecular flexibility index (Phi) is 4.57. The number of hydrogen-bond acceptors (Lipinski definition) is 5. The van der Waals surface area contributed by atoms with Crippen molar-refractivity contribution >= 4 is 5.96 Å². The van der Waals surface area contributed by atoms with Gasteiger partial charge in [-0.25, -0.2) is 0 Å². The van der Waals surface area contributed by atoms with Crippen LogP contribution in [-0.2, 0) is 4.74 Å². The smallest absolute Gasteiger partial charge is 0.231 e. The maximum absolute atomic E-state index is 5.79. The van der Waals surface area contributed by atoms with Crippen LogP contribution in [0.3, 0.4) is 0 Å². The highest BCUT2D eigenvalue weighted by molar-refractivity contribution is 5.80. The molecular formula is C18H25N3O4. The zero-order chi connectivity index (χ0) is 17.1. The lowest BCUT2D eigenvalue weighted by atomic mass is 9.87. The van der Waals surface area contributed by atoms with E-state index in [4.69, 9.17) is 18.9 Å². The Morgan fingerprint density at radius 2 is 2.24 bits per heavy atom. The minimum Gasteiger partial charge on any atom is -0.492 e. The Labute approximate surface area is 147 Å². The van der Waals surface area contributed by atoms with Crippen LogP contribution in [0.25, 0.3) is 0 Å². The number of benzene rings is 1. The Morgan fingerprint density at radius 3 is 3.08 bits per heavy atom. The highest BCUT2D eigenvalue weighted by Gasteiger charge is 2.42. The summed E-state index contributed by atoms with van der Waals surface area (Å²) in [5.41, 5.74) is 0.334. The quantitative estimate of drug-likeness (QED) is 0.506. The topological polar surface area (TPSA) is 64.6 Å². The van der Waals surface area contributed by atoms with Gasteiger partial charge in [0.25, 0.3) is 0 Å². The molecule has 2 fully saturated rings. The third-order valence-electron chi connectivity index (χ3n) is 5.13. The van der Waals surface area contributed by atoms with Gasteiger partial charge in [-0.05, 0) is 25.0 Å². The number of likely N-dealkylation sites (tertiary alicyclic amines) is 1. The average molecular weight is 347 g/mol. The lowest BCUT2D eigenvalue weighted by Gasteiger charge is -2.24. The second-order valence-electron chi connectivity index (χ2n) is 6.81. The van der Waals surface area contributed by atoms with Gasteiger partial charge in [-0.2, -0.15) is 0 Å². The van der Waals surface area contributed by atoms with Gasteiger partial charge < -0.3 is 29.2 Å². The van der Waals surface area contributed by atoms with Crippen LogP contribution in [0, 0.1) is 5.41 Å². The van der Waals surface area contributed by atoms with Crippen molar-refractivity contribution in [3.8, 4) is 17.2 Å². The second kappa shape index (κ2) is 7.00. The molecule has 0 amide bonds. The van der Waals surface area contributed by atoms with Crippen LogP contribution < -0.4 is 19.5 Å². The Balaban J connectivity index is 1.23. The van der Waals surface area contributed by atoms with Crippen molar-refractivity contribution in [2.24, 2.45) is 10.4 Å². The first-order valence-electron chi connectivity index (χ1n) is 8.84. The minimum absolute atomic E-state index is 0.277. The number of guanidine groups is 1. The normalized spacial score (nSPS) is 25.0. The van der Waals surface area contributed by atoms with Gasteiger partial charge in [0.05, 0.1) is 13.2 Å². The molecule has 1 aromatic rings. The van der Waals surface area contributed by atoms with Crippen molar-refractivity contribution in [2.75, 3.05) is 53.3 Å². The van der Waals surface area contributed by atoms with E-state index in [1.807, 2.05) is 25.2 Å². The molecule has 3 aliphatic rings. The second-order valence-corrected chi connectivity index (χ2v) is 6.81. The summed E-state index contributed by atoms with van der Waals surface area (Å²) in [6, 6.07) is 5.63. The van der Waals surface area contributed by atoms with Crippen LogP contribution in [0.5, 0.6) is 17.2 Å². The van der Waals surface area contributed by atoms with E-state index in [2.05, 4.69) is 15.2 Å². The number of fused-ring (bicyclic) bond motifs is 1. The molecule has 0 bridgehead atoms. The third kappa shape index (κ3) is 3.46. The summed E-state index contributed by atoms with van der Waals surface area (Å²) >= 11 is 0. The lowest BCUT2D eigenvalue weighted by molar-refractivity contribution is 0.156. The molecule has 1 N–H and O–H groups in total. The molecule has 3 aliphatic heterocycles. The fourth-order valence-corrected chi connectivity index (χ4v) is 3.72. The Bertz CT molecular complexity index is 643. The average Bonchev–Trinajstić information content (AvgIpc) is 3.37. The van der Waals surface area contributed by atoms with Crippen LogP contribution in [0.1, 0.15) is 12.8 Å². The maximum Gasteiger partial charge on any atom is 0.231 e. The molecule has 1 aromatic carbocycles. The molecule has 7 nitrogen and oxygen atoms in total. The predicted molar refractivity (Wildman–Crippen MR) is 93.5 cm³/mol. The molecule has 1 spiro atoms. The Hall–Kier alpha value is -2.15. The van der Waals surface area contributed by atoms with Crippen molar-refractivity contribution in [3.05, 3.63) is 18.2 Å². The molecular weight excluding hydrogens is 322 g/mol. The molecule has 25 heavy (non-hydrogen) atoms. The molecule has 2 saturated heterocycles. The van der Waals surface area contributed by atoms with Gasteiger partial charge in [0.1, 0.15) is 12.4 Å². The third-order valence-corrected chi connectivity index (χ3v) is 5.13. The number of rotatable bonds is 4. The first kappa shape index (κ1) is 16.3. The summed E-state index contributed by atoms with van der Waals surface area (Å²) in [6.45, 7) is 5.36. The van der Waals surface area contributed by atoms with E-state index in [1.165, 1.54) is 6.42 Å². The van der Waals surface area contributed by atoms with Gasteiger partial charge in [0, 0.05) is 38.2 Å². The minimum atomic E-state index is 0.277. The van der Waals surface area contributed by atoms with Gasteiger partial charge >= 0.3 is 0 Å². The van der Waals surface area contributed by atoms with Crippen molar-refractivity contribution in [3.63, 3.8) is 0 Å². The van der Waals surface area contributed by atoms with Gasteiger partial charge in [0.2, 0.25) is 6.79 Å². The van der Waals surface area contributed by atoms with E-state index in [0.29, 0.717) is 18.6 Å². The fourth-order valence-electron chi connectivity index (χ4n) is 3.72. The van der Waals surface area contributed by atoms with Crippen LogP contribution in [0.15, 0.2) is 23.2 Å². The molecule has 3 heterocycles. The maximum atomic E-state index is 5.79. The molecule has 0 radical (unpaired) electrons. The largest absolute Gasteiger partial charge is 0.492 e. The van der Waals surface area contributed by atoms with Crippen molar-refractivity contribution in [2.45, 2.75) is 12.8 Å². The molecule has 0 aliphatic carbocycles. The van der Waals surface area contributed by atoms with Gasteiger partial charge in [0.15, 0.2) is 17.5 Å². The summed E-state index contributed by atoms with van der Waals surface area (Å²) in [4.78, 5) is 6.74. The van der Waals surface area contributed by atoms with Crippen LogP contribution >= 0.6 is 0 Å². The number of ether oxygens (including phenoxy) is 4.